The largest absolute Gasteiger partial charge is 0.379 e. The van der Waals surface area contributed by atoms with Crippen LogP contribution < -0.4 is 5.32 Å². The molecule has 6 heteroatoms. The molecule has 126 valence electrons. The lowest BCUT2D eigenvalue weighted by Gasteiger charge is -2.07. The molecule has 0 aliphatic carbocycles. The third kappa shape index (κ3) is 4.20. The minimum absolute atomic E-state index is 0.0306. The van der Waals surface area contributed by atoms with Crippen LogP contribution in [0.4, 0.5) is 0 Å². The van der Waals surface area contributed by atoms with Gasteiger partial charge in [-0.05, 0) is 44.5 Å². The molecule has 0 fully saturated rings. The third-order valence-electron chi connectivity index (χ3n) is 3.39. The van der Waals surface area contributed by atoms with Gasteiger partial charge in [-0.15, -0.1) is 22.7 Å². The molecule has 4 nitrogen and oxygen atoms in total. The summed E-state index contributed by atoms with van der Waals surface area (Å²) in [4.78, 5) is 18.6. The normalized spacial score (nSPS) is 11.3. The fourth-order valence-electron chi connectivity index (χ4n) is 2.23. The van der Waals surface area contributed by atoms with Gasteiger partial charge in [-0.25, -0.2) is 4.98 Å². The zero-order valence-corrected chi connectivity index (χ0v) is 15.4. The zero-order valence-electron chi connectivity index (χ0n) is 13.7. The maximum atomic E-state index is 12.2. The SMILES string of the molecule is CC(C)OCCCNC(=O)c1ccc(-c2nc3ccccc3s2)s1. The summed E-state index contributed by atoms with van der Waals surface area (Å²) in [5, 5.41) is 3.90. The molecular formula is C18H20N2O2S2. The van der Waals surface area contributed by atoms with Gasteiger partial charge < -0.3 is 10.1 Å². The summed E-state index contributed by atoms with van der Waals surface area (Å²) in [5.41, 5.74) is 1.00. The number of ether oxygens (including phenoxy) is 1. The van der Waals surface area contributed by atoms with Crippen molar-refractivity contribution < 1.29 is 9.53 Å². The molecule has 0 atom stereocenters. The number of carbonyl (C=O) groups is 1. The van der Waals surface area contributed by atoms with Crippen LogP contribution in [0.3, 0.4) is 0 Å². The van der Waals surface area contributed by atoms with Crippen molar-refractivity contribution in [2.45, 2.75) is 26.4 Å². The highest BCUT2D eigenvalue weighted by atomic mass is 32.1. The van der Waals surface area contributed by atoms with E-state index < -0.39 is 0 Å². The van der Waals surface area contributed by atoms with Gasteiger partial charge >= 0.3 is 0 Å². The summed E-state index contributed by atoms with van der Waals surface area (Å²) in [5.74, 6) is -0.0306. The van der Waals surface area contributed by atoms with E-state index in [1.165, 1.54) is 11.3 Å². The topological polar surface area (TPSA) is 51.2 Å². The summed E-state index contributed by atoms with van der Waals surface area (Å²) in [6.45, 7) is 5.31. The highest BCUT2D eigenvalue weighted by molar-refractivity contribution is 7.26. The summed E-state index contributed by atoms with van der Waals surface area (Å²) in [7, 11) is 0. The van der Waals surface area contributed by atoms with Crippen molar-refractivity contribution in [1.29, 1.82) is 0 Å². The molecule has 0 saturated carbocycles. The first-order valence-electron chi connectivity index (χ1n) is 7.99. The van der Waals surface area contributed by atoms with Crippen LogP contribution >= 0.6 is 22.7 Å². The molecule has 24 heavy (non-hydrogen) atoms. The van der Waals surface area contributed by atoms with Gasteiger partial charge in [0.1, 0.15) is 5.01 Å². The average Bonchev–Trinajstić information content (AvgIpc) is 3.20. The number of amides is 1. The van der Waals surface area contributed by atoms with E-state index in [9.17, 15) is 4.79 Å². The number of thiophene rings is 1. The van der Waals surface area contributed by atoms with Crippen molar-refractivity contribution in [3.63, 3.8) is 0 Å². The Kier molecular flexibility index (Phi) is 5.60. The second kappa shape index (κ2) is 7.88. The van der Waals surface area contributed by atoms with Gasteiger partial charge in [0.15, 0.2) is 0 Å². The molecule has 3 rings (SSSR count). The highest BCUT2D eigenvalue weighted by Gasteiger charge is 2.12. The van der Waals surface area contributed by atoms with Crippen molar-refractivity contribution in [2.24, 2.45) is 0 Å². The number of thiazole rings is 1. The number of benzene rings is 1. The number of rotatable bonds is 7. The monoisotopic (exact) mass is 360 g/mol. The Hall–Kier alpha value is -1.76. The lowest BCUT2D eigenvalue weighted by molar-refractivity contribution is 0.0757. The molecule has 1 N–H and O–H groups in total. The quantitative estimate of drug-likeness (QED) is 0.628. The van der Waals surface area contributed by atoms with Crippen LogP contribution in [0.1, 0.15) is 29.9 Å². The minimum Gasteiger partial charge on any atom is -0.379 e. The van der Waals surface area contributed by atoms with Crippen LogP contribution in [0.2, 0.25) is 0 Å². The Labute approximate surface area is 149 Å². The second-order valence-corrected chi connectivity index (χ2v) is 7.79. The highest BCUT2D eigenvalue weighted by Crippen LogP contribution is 2.34. The predicted molar refractivity (Wildman–Crippen MR) is 101 cm³/mol. The summed E-state index contributed by atoms with van der Waals surface area (Å²) >= 11 is 3.14. The number of para-hydroxylation sites is 1. The van der Waals surface area contributed by atoms with E-state index in [-0.39, 0.29) is 12.0 Å². The first kappa shape index (κ1) is 17.1. The molecule has 0 bridgehead atoms. The molecule has 0 unspecified atom stereocenters. The van der Waals surface area contributed by atoms with Crippen LogP contribution in [0.5, 0.6) is 0 Å². The number of carbonyl (C=O) groups excluding carboxylic acids is 1. The van der Waals surface area contributed by atoms with Gasteiger partial charge in [-0.2, -0.15) is 0 Å². The van der Waals surface area contributed by atoms with E-state index in [2.05, 4.69) is 16.4 Å². The van der Waals surface area contributed by atoms with Crippen molar-refractivity contribution >= 4 is 38.8 Å². The molecular weight excluding hydrogens is 340 g/mol. The van der Waals surface area contributed by atoms with Crippen LogP contribution in [0.15, 0.2) is 36.4 Å². The number of aromatic nitrogens is 1. The predicted octanol–water partition coefficient (Wildman–Crippen LogP) is 4.57. The number of nitrogens with zero attached hydrogens (tertiary/aromatic N) is 1. The molecule has 0 spiro atoms. The summed E-state index contributed by atoms with van der Waals surface area (Å²) < 4.78 is 6.63. The Morgan fingerprint density at radius 2 is 2.04 bits per heavy atom. The molecule has 3 aromatic rings. The van der Waals surface area contributed by atoms with Crippen molar-refractivity contribution in [3.8, 4) is 9.88 Å². The van der Waals surface area contributed by atoms with E-state index in [1.54, 1.807) is 11.3 Å². The first-order chi connectivity index (χ1) is 11.6. The fourth-order valence-corrected chi connectivity index (χ4v) is 4.18. The first-order valence-corrected chi connectivity index (χ1v) is 9.62. The number of fused-ring (bicyclic) bond motifs is 1. The lowest BCUT2D eigenvalue weighted by Crippen LogP contribution is -2.24. The number of hydrogen-bond acceptors (Lipinski definition) is 5. The van der Waals surface area contributed by atoms with Gasteiger partial charge in [-0.1, -0.05) is 12.1 Å². The molecule has 0 radical (unpaired) electrons. The Balaban J connectivity index is 1.59. The average molecular weight is 361 g/mol. The standard InChI is InChI=1S/C18H20N2O2S2/c1-12(2)22-11-5-10-19-17(21)15-8-9-16(23-15)18-20-13-6-3-4-7-14(13)24-18/h3-4,6-9,12H,5,10-11H2,1-2H3,(H,19,21). The van der Waals surface area contributed by atoms with E-state index in [1.807, 2.05) is 44.2 Å². The lowest BCUT2D eigenvalue weighted by atomic mass is 10.3. The van der Waals surface area contributed by atoms with Gasteiger partial charge in [0.05, 0.1) is 26.1 Å². The molecule has 1 amide bonds. The molecule has 2 aromatic heterocycles. The summed E-state index contributed by atoms with van der Waals surface area (Å²) in [6.07, 6.45) is 1.05. The van der Waals surface area contributed by atoms with Crippen molar-refractivity contribution in [1.82, 2.24) is 10.3 Å². The van der Waals surface area contributed by atoms with E-state index in [0.29, 0.717) is 18.0 Å². The zero-order chi connectivity index (χ0) is 16.9. The fraction of sp³-hybridized carbons (Fsp3) is 0.333. The minimum atomic E-state index is -0.0306. The van der Waals surface area contributed by atoms with Gasteiger partial charge in [0.25, 0.3) is 5.91 Å². The second-order valence-electron chi connectivity index (χ2n) is 5.68. The summed E-state index contributed by atoms with van der Waals surface area (Å²) in [6, 6.07) is 11.9. The Morgan fingerprint density at radius 1 is 1.21 bits per heavy atom. The number of nitrogens with one attached hydrogen (secondary N) is 1. The Morgan fingerprint density at radius 3 is 2.83 bits per heavy atom. The van der Waals surface area contributed by atoms with E-state index in [0.717, 1.165) is 26.5 Å². The molecule has 1 aromatic carbocycles. The van der Waals surface area contributed by atoms with E-state index in [4.69, 9.17) is 4.74 Å². The van der Waals surface area contributed by atoms with Crippen LogP contribution in [0.25, 0.3) is 20.1 Å². The third-order valence-corrected chi connectivity index (χ3v) is 5.68. The van der Waals surface area contributed by atoms with Gasteiger partial charge in [0.2, 0.25) is 0 Å². The maximum absolute atomic E-state index is 12.2. The van der Waals surface area contributed by atoms with Crippen molar-refractivity contribution in [3.05, 3.63) is 41.3 Å². The molecule has 2 heterocycles. The van der Waals surface area contributed by atoms with Gasteiger partial charge in [0, 0.05) is 13.2 Å². The smallest absolute Gasteiger partial charge is 0.261 e. The molecule has 0 aliphatic rings. The van der Waals surface area contributed by atoms with E-state index >= 15 is 0 Å². The Bertz CT molecular complexity index is 790. The number of hydrogen-bond donors (Lipinski definition) is 1. The van der Waals surface area contributed by atoms with Crippen LogP contribution in [-0.4, -0.2) is 30.1 Å². The maximum Gasteiger partial charge on any atom is 0.261 e. The van der Waals surface area contributed by atoms with Crippen LogP contribution in [-0.2, 0) is 4.74 Å². The molecule has 0 aliphatic heterocycles. The van der Waals surface area contributed by atoms with Crippen molar-refractivity contribution in [2.75, 3.05) is 13.2 Å². The van der Waals surface area contributed by atoms with Crippen LogP contribution in [0, 0.1) is 0 Å². The van der Waals surface area contributed by atoms with Gasteiger partial charge in [-0.3, -0.25) is 4.79 Å². The molecule has 0 saturated heterocycles.